The van der Waals surface area contributed by atoms with E-state index in [-0.39, 0.29) is 0 Å². The summed E-state index contributed by atoms with van der Waals surface area (Å²) in [6.45, 7) is 0. The van der Waals surface area contributed by atoms with Gasteiger partial charge >= 0.3 is 0 Å². The van der Waals surface area contributed by atoms with Crippen LogP contribution in [0, 0.1) is 10.1 Å². The summed E-state index contributed by atoms with van der Waals surface area (Å²) in [4.78, 5) is 9.66. The molecule has 1 aromatic carbocycles. The number of rotatable bonds is 3. The highest BCUT2D eigenvalue weighted by Crippen LogP contribution is 2.25. The second-order valence-corrected chi connectivity index (χ2v) is 5.94. The molecule has 1 aromatic heterocycles. The molecule has 0 saturated heterocycles. The van der Waals surface area contributed by atoms with Gasteiger partial charge in [0.25, 0.3) is 15.7 Å². The van der Waals surface area contributed by atoms with Crippen LogP contribution in [0.25, 0.3) is 0 Å². The van der Waals surface area contributed by atoms with Crippen molar-refractivity contribution in [1.82, 2.24) is 9.19 Å². The van der Waals surface area contributed by atoms with Crippen molar-refractivity contribution < 1.29 is 13.3 Å². The number of nitro groups is 1. The first-order valence-electron chi connectivity index (χ1n) is 4.62. The number of aromatic nitrogens is 2. The Hall–Kier alpha value is -1.74. The molecule has 0 radical (unpaired) electrons. The number of nitro benzene ring substituents is 1. The van der Waals surface area contributed by atoms with E-state index < -0.39 is 25.5 Å². The van der Waals surface area contributed by atoms with Crippen molar-refractivity contribution in [3.05, 3.63) is 51.2 Å². The molecule has 0 atom stereocenters. The fourth-order valence-electron chi connectivity index (χ4n) is 1.34. The predicted octanol–water partition coefficient (Wildman–Crippen LogP) is 1.79. The third-order valence-electron chi connectivity index (χ3n) is 2.11. The van der Waals surface area contributed by atoms with Gasteiger partial charge in [0.15, 0.2) is 4.90 Å². The third-order valence-corrected chi connectivity index (χ3v) is 4.12. The zero-order valence-corrected chi connectivity index (χ0v) is 11.1. The Kier molecular flexibility index (Phi) is 3.18. The van der Waals surface area contributed by atoms with E-state index in [0.717, 1.165) is 6.07 Å². The quantitative estimate of drug-likeness (QED) is 0.631. The molecule has 0 amide bonds. The molecule has 2 aromatic rings. The highest BCUT2D eigenvalue weighted by Gasteiger charge is 2.27. The number of benzene rings is 1. The average molecular weight is 332 g/mol. The van der Waals surface area contributed by atoms with Crippen LogP contribution >= 0.6 is 15.9 Å². The fourth-order valence-corrected chi connectivity index (χ4v) is 3.05. The van der Waals surface area contributed by atoms with Gasteiger partial charge in [-0.2, -0.15) is 17.6 Å². The lowest BCUT2D eigenvalue weighted by Crippen LogP contribution is -2.15. The third kappa shape index (κ3) is 2.14. The van der Waals surface area contributed by atoms with Crippen molar-refractivity contribution in [1.29, 1.82) is 0 Å². The lowest BCUT2D eigenvalue weighted by atomic mass is 10.3. The van der Waals surface area contributed by atoms with Crippen LogP contribution in [0.5, 0.6) is 0 Å². The number of para-hydroxylation sites is 1. The molecule has 2 rings (SSSR count). The highest BCUT2D eigenvalue weighted by molar-refractivity contribution is 9.10. The van der Waals surface area contributed by atoms with Crippen LogP contribution in [-0.4, -0.2) is 22.5 Å². The summed E-state index contributed by atoms with van der Waals surface area (Å²) in [5.41, 5.74) is -0.482. The molecule has 1 heterocycles. The van der Waals surface area contributed by atoms with Gasteiger partial charge in [-0.25, -0.2) is 0 Å². The molecule has 0 aliphatic heterocycles. The Morgan fingerprint density at radius 2 is 2.00 bits per heavy atom. The van der Waals surface area contributed by atoms with Crippen molar-refractivity contribution in [3.63, 3.8) is 0 Å². The minimum absolute atomic E-state index is 0.398. The Bertz CT molecular complexity index is 710. The molecule has 0 fully saturated rings. The minimum atomic E-state index is -4.06. The van der Waals surface area contributed by atoms with Crippen LogP contribution in [-0.2, 0) is 10.0 Å². The summed E-state index contributed by atoms with van der Waals surface area (Å²) >= 11 is 3.06. The molecule has 0 unspecified atom stereocenters. The van der Waals surface area contributed by atoms with Crippen LogP contribution in [0.2, 0.25) is 0 Å². The Morgan fingerprint density at radius 3 is 2.56 bits per heavy atom. The normalized spacial score (nSPS) is 11.4. The van der Waals surface area contributed by atoms with Gasteiger partial charge in [-0.1, -0.05) is 12.1 Å². The molecule has 18 heavy (non-hydrogen) atoms. The van der Waals surface area contributed by atoms with E-state index in [2.05, 4.69) is 21.0 Å². The number of hydrogen-bond donors (Lipinski definition) is 0. The van der Waals surface area contributed by atoms with Crippen molar-refractivity contribution in [3.8, 4) is 0 Å². The van der Waals surface area contributed by atoms with Crippen LogP contribution in [0.3, 0.4) is 0 Å². The summed E-state index contributed by atoms with van der Waals surface area (Å²) in [5, 5.41) is 14.4. The van der Waals surface area contributed by atoms with Gasteiger partial charge in [-0.15, -0.1) is 0 Å². The molecule has 7 nitrogen and oxygen atoms in total. The molecule has 0 saturated carbocycles. The molecular formula is C9H6BrN3O4S. The first kappa shape index (κ1) is 12.7. The lowest BCUT2D eigenvalue weighted by molar-refractivity contribution is -0.387. The molecule has 0 bridgehead atoms. The van der Waals surface area contributed by atoms with E-state index in [1.807, 2.05) is 0 Å². The Morgan fingerprint density at radius 1 is 1.33 bits per heavy atom. The van der Waals surface area contributed by atoms with Gasteiger partial charge in [0.2, 0.25) is 0 Å². The maximum atomic E-state index is 12.1. The maximum Gasteiger partial charge on any atom is 0.289 e. The van der Waals surface area contributed by atoms with Crippen molar-refractivity contribution in [2.75, 3.05) is 0 Å². The van der Waals surface area contributed by atoms with Crippen LogP contribution in [0.1, 0.15) is 0 Å². The first-order chi connectivity index (χ1) is 8.43. The number of nitrogens with zero attached hydrogens (tertiary/aromatic N) is 3. The second kappa shape index (κ2) is 4.50. The fraction of sp³-hybridized carbons (Fsp3) is 0. The van der Waals surface area contributed by atoms with Gasteiger partial charge < -0.3 is 0 Å². The summed E-state index contributed by atoms with van der Waals surface area (Å²) < 4.78 is 25.4. The van der Waals surface area contributed by atoms with Crippen molar-refractivity contribution in [2.24, 2.45) is 0 Å². The van der Waals surface area contributed by atoms with Crippen molar-refractivity contribution in [2.45, 2.75) is 4.90 Å². The molecule has 0 aliphatic rings. The zero-order chi connectivity index (χ0) is 13.3. The largest absolute Gasteiger partial charge is 0.289 e. The minimum Gasteiger partial charge on any atom is -0.258 e. The van der Waals surface area contributed by atoms with E-state index in [4.69, 9.17) is 0 Å². The van der Waals surface area contributed by atoms with Crippen LogP contribution in [0.15, 0.2) is 46.0 Å². The summed E-state index contributed by atoms with van der Waals surface area (Å²) in [7, 11) is -4.06. The standard InChI is InChI=1S/C9H6BrN3O4S/c10-7-5-11-12(6-7)18(16,17)9-4-2-1-3-8(9)13(14)15/h1-6H. The summed E-state index contributed by atoms with van der Waals surface area (Å²) in [6.07, 6.45) is 2.50. The monoisotopic (exact) mass is 331 g/mol. The van der Waals surface area contributed by atoms with Gasteiger partial charge in [-0.05, 0) is 22.0 Å². The van der Waals surface area contributed by atoms with E-state index in [1.54, 1.807) is 0 Å². The van der Waals surface area contributed by atoms with E-state index in [9.17, 15) is 18.5 Å². The number of hydrogen-bond acceptors (Lipinski definition) is 5. The first-order valence-corrected chi connectivity index (χ1v) is 6.85. The second-order valence-electron chi connectivity index (χ2n) is 3.26. The SMILES string of the molecule is O=[N+]([O-])c1ccccc1S(=O)(=O)n1cc(Br)cn1. The molecular weight excluding hydrogens is 326 g/mol. The maximum absolute atomic E-state index is 12.1. The zero-order valence-electron chi connectivity index (χ0n) is 8.72. The summed E-state index contributed by atoms with van der Waals surface area (Å²) in [5.74, 6) is 0. The summed E-state index contributed by atoms with van der Waals surface area (Å²) in [6, 6.07) is 5.11. The molecule has 0 spiro atoms. The van der Waals surface area contributed by atoms with E-state index in [1.165, 1.54) is 30.6 Å². The van der Waals surface area contributed by atoms with Crippen LogP contribution in [0.4, 0.5) is 5.69 Å². The van der Waals surface area contributed by atoms with E-state index >= 15 is 0 Å². The Labute approximate surface area is 110 Å². The molecule has 9 heteroatoms. The van der Waals surface area contributed by atoms with Gasteiger partial charge in [0.05, 0.1) is 21.8 Å². The Balaban J connectivity index is 2.65. The average Bonchev–Trinajstić information content (AvgIpc) is 2.76. The topological polar surface area (TPSA) is 95.1 Å². The van der Waals surface area contributed by atoms with Crippen LogP contribution < -0.4 is 0 Å². The van der Waals surface area contributed by atoms with E-state index in [0.29, 0.717) is 8.56 Å². The van der Waals surface area contributed by atoms with Crippen molar-refractivity contribution >= 4 is 31.6 Å². The molecule has 0 aliphatic carbocycles. The van der Waals surface area contributed by atoms with Gasteiger partial charge in [0.1, 0.15) is 0 Å². The highest BCUT2D eigenvalue weighted by atomic mass is 79.9. The predicted molar refractivity (Wildman–Crippen MR) is 65.6 cm³/mol. The molecule has 0 N–H and O–H groups in total. The lowest BCUT2D eigenvalue weighted by Gasteiger charge is -2.04. The smallest absolute Gasteiger partial charge is 0.258 e. The van der Waals surface area contributed by atoms with Gasteiger partial charge in [-0.3, -0.25) is 10.1 Å². The molecule has 94 valence electrons. The number of halogens is 1. The van der Waals surface area contributed by atoms with Gasteiger partial charge in [0, 0.05) is 6.07 Å².